The molecule has 1 aromatic carbocycles. The van der Waals surface area contributed by atoms with Gasteiger partial charge < -0.3 is 15.5 Å². The molecule has 1 fully saturated rings. The number of unbranched alkanes of at least 4 members (excludes halogenated alkanes) is 1. The van der Waals surface area contributed by atoms with E-state index in [9.17, 15) is 9.18 Å². The Morgan fingerprint density at radius 3 is 2.80 bits per heavy atom. The van der Waals surface area contributed by atoms with Gasteiger partial charge in [-0.2, -0.15) is 0 Å². The van der Waals surface area contributed by atoms with Crippen LogP contribution in [0.1, 0.15) is 45.1 Å². The molecule has 0 aliphatic carbocycles. The summed E-state index contributed by atoms with van der Waals surface area (Å²) in [4.78, 5) is 14.7. The largest absolute Gasteiger partial charge is 0.360 e. The smallest absolute Gasteiger partial charge is 0.225 e. The Bertz CT molecular complexity index is 608. The molecule has 1 heterocycles. The van der Waals surface area contributed by atoms with Crippen LogP contribution in [0.3, 0.4) is 0 Å². The van der Waals surface area contributed by atoms with Gasteiger partial charge in [0.05, 0.1) is 5.92 Å². The van der Waals surface area contributed by atoms with E-state index < -0.39 is 0 Å². The van der Waals surface area contributed by atoms with E-state index in [1.807, 2.05) is 24.8 Å². The molecular weight excluding hydrogens is 337 g/mol. The Morgan fingerprint density at radius 1 is 1.40 bits per heavy atom. The van der Waals surface area contributed by atoms with Crippen LogP contribution in [0.5, 0.6) is 0 Å². The molecule has 6 heteroatoms. The number of carbonyl (C=O) groups is 1. The first-order valence-corrected chi connectivity index (χ1v) is 9.41. The van der Waals surface area contributed by atoms with Crippen molar-refractivity contribution >= 4 is 23.2 Å². The van der Waals surface area contributed by atoms with Crippen molar-refractivity contribution in [3.05, 3.63) is 35.6 Å². The zero-order valence-electron chi connectivity index (χ0n) is 15.2. The molecule has 0 spiro atoms. The SMILES string of the molecule is CCCCNC(=O)[C@H]1CN(C(=S)NC(C)C)C[C@@H]1c1cccc(F)c1. The molecule has 4 nitrogen and oxygen atoms in total. The second-order valence-electron chi connectivity index (χ2n) is 6.92. The van der Waals surface area contributed by atoms with Crippen molar-refractivity contribution < 1.29 is 9.18 Å². The van der Waals surface area contributed by atoms with E-state index in [4.69, 9.17) is 12.2 Å². The standard InChI is InChI=1S/C19H28FN3OS/c1-4-5-9-21-18(24)17-12-23(19(25)22-13(2)3)11-16(17)14-7-6-8-15(20)10-14/h6-8,10,13,16-17H,4-5,9,11-12H2,1-3H3,(H,21,24)(H,22,25)/t16-,17+/m1/s1. The van der Waals surface area contributed by atoms with Crippen molar-refractivity contribution in [3.63, 3.8) is 0 Å². The number of carbonyl (C=O) groups excluding carboxylic acids is 1. The summed E-state index contributed by atoms with van der Waals surface area (Å²) in [5.41, 5.74) is 0.852. The third-order valence-electron chi connectivity index (χ3n) is 4.46. The number of benzene rings is 1. The maximum absolute atomic E-state index is 13.7. The van der Waals surface area contributed by atoms with E-state index in [-0.39, 0.29) is 29.6 Å². The molecule has 1 amide bonds. The van der Waals surface area contributed by atoms with Crippen molar-refractivity contribution in [2.75, 3.05) is 19.6 Å². The summed E-state index contributed by atoms with van der Waals surface area (Å²) in [5.74, 6) is -0.545. The molecule has 0 radical (unpaired) electrons. The maximum atomic E-state index is 13.7. The minimum Gasteiger partial charge on any atom is -0.360 e. The van der Waals surface area contributed by atoms with Crippen LogP contribution in [0.25, 0.3) is 0 Å². The van der Waals surface area contributed by atoms with Gasteiger partial charge in [-0.25, -0.2) is 4.39 Å². The van der Waals surface area contributed by atoms with Crippen molar-refractivity contribution in [1.82, 2.24) is 15.5 Å². The van der Waals surface area contributed by atoms with Crippen LogP contribution in [-0.2, 0) is 4.79 Å². The first kappa shape index (κ1) is 19.6. The van der Waals surface area contributed by atoms with Crippen LogP contribution in [-0.4, -0.2) is 41.6 Å². The number of rotatable bonds is 6. The molecule has 2 atom stereocenters. The number of hydrogen-bond acceptors (Lipinski definition) is 2. The lowest BCUT2D eigenvalue weighted by atomic mass is 9.88. The van der Waals surface area contributed by atoms with Crippen LogP contribution in [0.15, 0.2) is 24.3 Å². The average Bonchev–Trinajstić information content (AvgIpc) is 3.00. The van der Waals surface area contributed by atoms with Crippen LogP contribution in [0.2, 0.25) is 0 Å². The van der Waals surface area contributed by atoms with E-state index in [0.29, 0.717) is 24.7 Å². The van der Waals surface area contributed by atoms with Crippen molar-refractivity contribution in [1.29, 1.82) is 0 Å². The molecule has 2 rings (SSSR count). The van der Waals surface area contributed by atoms with E-state index in [2.05, 4.69) is 17.6 Å². The number of halogens is 1. The highest BCUT2D eigenvalue weighted by molar-refractivity contribution is 7.80. The Balaban J connectivity index is 2.16. The van der Waals surface area contributed by atoms with Crippen LogP contribution >= 0.6 is 12.2 Å². The monoisotopic (exact) mass is 365 g/mol. The molecule has 138 valence electrons. The van der Waals surface area contributed by atoms with E-state index in [1.165, 1.54) is 12.1 Å². The Hall–Kier alpha value is -1.69. The molecule has 0 saturated carbocycles. The summed E-state index contributed by atoms with van der Waals surface area (Å²) in [6, 6.07) is 6.78. The van der Waals surface area contributed by atoms with Gasteiger partial charge in [-0.05, 0) is 50.2 Å². The minimum atomic E-state index is -0.274. The summed E-state index contributed by atoms with van der Waals surface area (Å²) < 4.78 is 13.7. The quantitative estimate of drug-likeness (QED) is 0.601. The number of nitrogens with zero attached hydrogens (tertiary/aromatic N) is 1. The van der Waals surface area contributed by atoms with Gasteiger partial charge in [0.1, 0.15) is 5.82 Å². The van der Waals surface area contributed by atoms with Gasteiger partial charge in [0.15, 0.2) is 5.11 Å². The normalized spacial score (nSPS) is 20.0. The van der Waals surface area contributed by atoms with Crippen molar-refractivity contribution in [3.8, 4) is 0 Å². The van der Waals surface area contributed by atoms with E-state index in [1.54, 1.807) is 6.07 Å². The molecule has 1 aromatic rings. The molecule has 1 aliphatic heterocycles. The Kier molecular flexibility index (Phi) is 7.17. The van der Waals surface area contributed by atoms with Gasteiger partial charge in [0.25, 0.3) is 0 Å². The summed E-state index contributed by atoms with van der Waals surface area (Å²) in [7, 11) is 0. The third kappa shape index (κ3) is 5.39. The van der Waals surface area contributed by atoms with Crippen molar-refractivity contribution in [2.45, 2.75) is 45.6 Å². The molecule has 0 bridgehead atoms. The molecular formula is C19H28FN3OS. The number of amides is 1. The molecule has 0 unspecified atom stereocenters. The minimum absolute atomic E-state index is 0.0255. The number of likely N-dealkylation sites (tertiary alicyclic amines) is 1. The predicted octanol–water partition coefficient (Wildman–Crippen LogP) is 3.04. The van der Waals surface area contributed by atoms with Crippen LogP contribution < -0.4 is 10.6 Å². The second kappa shape index (κ2) is 9.13. The van der Waals surface area contributed by atoms with Gasteiger partial charge in [-0.1, -0.05) is 25.5 Å². The lowest BCUT2D eigenvalue weighted by Crippen LogP contribution is -2.42. The zero-order chi connectivity index (χ0) is 18.4. The highest BCUT2D eigenvalue weighted by atomic mass is 32.1. The topological polar surface area (TPSA) is 44.4 Å². The van der Waals surface area contributed by atoms with Crippen LogP contribution in [0, 0.1) is 11.7 Å². The lowest BCUT2D eigenvalue weighted by molar-refractivity contribution is -0.124. The zero-order valence-corrected chi connectivity index (χ0v) is 16.0. The summed E-state index contributed by atoms with van der Waals surface area (Å²) in [6.45, 7) is 8.00. The lowest BCUT2D eigenvalue weighted by Gasteiger charge is -2.22. The first-order valence-electron chi connectivity index (χ1n) is 9.01. The summed E-state index contributed by atoms with van der Waals surface area (Å²) >= 11 is 5.47. The average molecular weight is 366 g/mol. The predicted molar refractivity (Wildman–Crippen MR) is 103 cm³/mol. The van der Waals surface area contributed by atoms with Gasteiger partial charge in [0.2, 0.25) is 5.91 Å². The van der Waals surface area contributed by atoms with Crippen molar-refractivity contribution in [2.24, 2.45) is 5.92 Å². The van der Waals surface area contributed by atoms with Gasteiger partial charge in [-0.15, -0.1) is 0 Å². The third-order valence-corrected chi connectivity index (χ3v) is 4.84. The summed E-state index contributed by atoms with van der Waals surface area (Å²) in [6.07, 6.45) is 1.99. The van der Waals surface area contributed by atoms with Gasteiger partial charge >= 0.3 is 0 Å². The van der Waals surface area contributed by atoms with E-state index >= 15 is 0 Å². The fourth-order valence-electron chi connectivity index (χ4n) is 3.17. The van der Waals surface area contributed by atoms with Crippen LogP contribution in [0.4, 0.5) is 4.39 Å². The van der Waals surface area contributed by atoms with Gasteiger partial charge in [0, 0.05) is 31.6 Å². The number of nitrogens with one attached hydrogen (secondary N) is 2. The fourth-order valence-corrected chi connectivity index (χ4v) is 3.55. The maximum Gasteiger partial charge on any atom is 0.225 e. The number of thiocarbonyl (C=S) groups is 1. The Morgan fingerprint density at radius 2 is 2.16 bits per heavy atom. The molecule has 25 heavy (non-hydrogen) atoms. The Labute approximate surface area is 155 Å². The van der Waals surface area contributed by atoms with E-state index in [0.717, 1.165) is 18.4 Å². The second-order valence-corrected chi connectivity index (χ2v) is 7.31. The number of hydrogen-bond donors (Lipinski definition) is 2. The summed E-state index contributed by atoms with van der Waals surface area (Å²) in [5, 5.41) is 6.90. The highest BCUT2D eigenvalue weighted by Gasteiger charge is 2.39. The van der Waals surface area contributed by atoms with Gasteiger partial charge in [-0.3, -0.25) is 4.79 Å². The molecule has 2 N–H and O–H groups in total. The fraction of sp³-hybridized carbons (Fsp3) is 0.579. The molecule has 0 aromatic heterocycles. The molecule has 1 aliphatic rings. The molecule has 1 saturated heterocycles. The highest BCUT2D eigenvalue weighted by Crippen LogP contribution is 2.33. The first-order chi connectivity index (χ1) is 11.9.